The molecular formula is C13H16FN5. The van der Waals surface area contributed by atoms with Crippen molar-refractivity contribution in [2.75, 3.05) is 24.2 Å². The summed E-state index contributed by atoms with van der Waals surface area (Å²) in [6, 6.07) is 6.72. The first-order valence-corrected chi connectivity index (χ1v) is 6.33. The van der Waals surface area contributed by atoms with E-state index in [4.69, 9.17) is 0 Å². The van der Waals surface area contributed by atoms with Crippen molar-refractivity contribution >= 4 is 11.9 Å². The molecule has 2 aromatic rings. The monoisotopic (exact) mass is 261 g/mol. The van der Waals surface area contributed by atoms with Crippen LogP contribution >= 0.6 is 0 Å². The number of hydrogen-bond acceptors (Lipinski definition) is 4. The van der Waals surface area contributed by atoms with Crippen molar-refractivity contribution in [3.8, 4) is 0 Å². The molecule has 0 aliphatic carbocycles. The fourth-order valence-corrected chi connectivity index (χ4v) is 2.50. The Balaban J connectivity index is 2.11. The van der Waals surface area contributed by atoms with Crippen LogP contribution in [0.5, 0.6) is 0 Å². The number of nitrogens with zero attached hydrogens (tertiary/aromatic N) is 3. The Morgan fingerprint density at radius 2 is 2.21 bits per heavy atom. The zero-order chi connectivity index (χ0) is 13.4. The minimum Gasteiger partial charge on any atom is -0.356 e. The molecule has 2 N–H and O–H groups in total. The van der Waals surface area contributed by atoms with Crippen LogP contribution in [0, 0.1) is 11.7 Å². The van der Waals surface area contributed by atoms with E-state index in [2.05, 4.69) is 27.6 Å². The molecular weight excluding hydrogens is 245 g/mol. The van der Waals surface area contributed by atoms with Gasteiger partial charge in [-0.1, -0.05) is 25.1 Å². The molecule has 0 bridgehead atoms. The highest BCUT2D eigenvalue weighted by Crippen LogP contribution is 2.34. The predicted octanol–water partition coefficient (Wildman–Crippen LogP) is 2.11. The first-order valence-electron chi connectivity index (χ1n) is 6.33. The molecule has 1 aromatic heterocycles. The third-order valence-corrected chi connectivity index (χ3v) is 3.46. The lowest BCUT2D eigenvalue weighted by atomic mass is 9.93. The zero-order valence-corrected chi connectivity index (χ0v) is 10.9. The molecule has 2 heterocycles. The van der Waals surface area contributed by atoms with Crippen molar-refractivity contribution in [1.82, 2.24) is 14.8 Å². The quantitative estimate of drug-likeness (QED) is 0.869. The van der Waals surface area contributed by atoms with E-state index in [9.17, 15) is 4.39 Å². The fourth-order valence-electron chi connectivity index (χ4n) is 2.50. The van der Waals surface area contributed by atoms with Crippen LogP contribution in [0.3, 0.4) is 0 Å². The Morgan fingerprint density at radius 3 is 2.95 bits per heavy atom. The van der Waals surface area contributed by atoms with Crippen LogP contribution in [0.25, 0.3) is 0 Å². The molecule has 0 saturated heterocycles. The van der Waals surface area contributed by atoms with Gasteiger partial charge in [0, 0.05) is 25.1 Å². The maximum Gasteiger partial charge on any atom is 0.243 e. The Bertz CT molecular complexity index is 594. The van der Waals surface area contributed by atoms with E-state index in [0.717, 1.165) is 6.54 Å². The van der Waals surface area contributed by atoms with Gasteiger partial charge < -0.3 is 10.6 Å². The number of hydrogen-bond donors (Lipinski definition) is 2. The number of aromatic nitrogens is 3. The van der Waals surface area contributed by atoms with Crippen LogP contribution < -0.4 is 10.6 Å². The standard InChI is InChI=1S/C13H16FN5/c1-8-7-16-13-17-12(15-2)18-19(13)11(8)9-5-3-4-6-10(9)14/h3-6,8,11H,7H2,1-2H3,(H2,15,16,17,18). The summed E-state index contributed by atoms with van der Waals surface area (Å²) in [5.41, 5.74) is 0.658. The maximum absolute atomic E-state index is 14.0. The fraction of sp³-hybridized carbons (Fsp3) is 0.385. The number of halogens is 1. The van der Waals surface area contributed by atoms with E-state index < -0.39 is 0 Å². The molecule has 0 spiro atoms. The summed E-state index contributed by atoms with van der Waals surface area (Å²) in [5, 5.41) is 10.5. The van der Waals surface area contributed by atoms with Crippen molar-refractivity contribution in [3.63, 3.8) is 0 Å². The summed E-state index contributed by atoms with van der Waals surface area (Å²) < 4.78 is 15.8. The molecule has 19 heavy (non-hydrogen) atoms. The van der Waals surface area contributed by atoms with Gasteiger partial charge in [0.15, 0.2) is 0 Å². The number of benzene rings is 1. The summed E-state index contributed by atoms with van der Waals surface area (Å²) in [7, 11) is 1.77. The molecule has 1 aliphatic rings. The molecule has 1 aromatic carbocycles. The van der Waals surface area contributed by atoms with Gasteiger partial charge in [-0.2, -0.15) is 4.98 Å². The second kappa shape index (κ2) is 4.53. The molecule has 0 amide bonds. The Hall–Kier alpha value is -2.11. The van der Waals surface area contributed by atoms with E-state index in [-0.39, 0.29) is 17.8 Å². The largest absolute Gasteiger partial charge is 0.356 e. The highest BCUT2D eigenvalue weighted by molar-refractivity contribution is 5.39. The normalized spacial score (nSPS) is 21.6. The highest BCUT2D eigenvalue weighted by atomic mass is 19.1. The van der Waals surface area contributed by atoms with Crippen LogP contribution in [0.4, 0.5) is 16.3 Å². The third-order valence-electron chi connectivity index (χ3n) is 3.46. The number of nitrogens with one attached hydrogen (secondary N) is 2. The zero-order valence-electron chi connectivity index (χ0n) is 10.9. The molecule has 0 saturated carbocycles. The minimum absolute atomic E-state index is 0.132. The lowest BCUT2D eigenvalue weighted by Gasteiger charge is -2.30. The Kier molecular flexibility index (Phi) is 2.85. The molecule has 0 radical (unpaired) electrons. The van der Waals surface area contributed by atoms with Crippen molar-refractivity contribution in [2.24, 2.45) is 5.92 Å². The van der Waals surface area contributed by atoms with E-state index in [1.54, 1.807) is 17.8 Å². The third kappa shape index (κ3) is 1.93. The Morgan fingerprint density at radius 1 is 1.42 bits per heavy atom. The second-order valence-corrected chi connectivity index (χ2v) is 4.78. The first-order chi connectivity index (χ1) is 9.20. The molecule has 2 atom stereocenters. The van der Waals surface area contributed by atoms with Gasteiger partial charge in [-0.3, -0.25) is 0 Å². The van der Waals surface area contributed by atoms with Gasteiger partial charge >= 0.3 is 0 Å². The van der Waals surface area contributed by atoms with E-state index in [1.165, 1.54) is 6.07 Å². The molecule has 2 unspecified atom stereocenters. The SMILES string of the molecule is CNc1nc2n(n1)C(c1ccccc1F)C(C)CN2. The maximum atomic E-state index is 14.0. The van der Waals surface area contributed by atoms with Crippen LogP contribution in [0.15, 0.2) is 24.3 Å². The molecule has 1 aliphatic heterocycles. The van der Waals surface area contributed by atoms with E-state index >= 15 is 0 Å². The van der Waals surface area contributed by atoms with Gasteiger partial charge in [-0.15, -0.1) is 5.10 Å². The van der Waals surface area contributed by atoms with Crippen LogP contribution in [-0.2, 0) is 0 Å². The van der Waals surface area contributed by atoms with Gasteiger partial charge in [-0.05, 0) is 6.07 Å². The smallest absolute Gasteiger partial charge is 0.243 e. The summed E-state index contributed by atoms with van der Waals surface area (Å²) in [5.74, 6) is 1.25. The summed E-state index contributed by atoms with van der Waals surface area (Å²) in [4.78, 5) is 4.32. The molecule has 6 heteroatoms. The lowest BCUT2D eigenvalue weighted by Crippen LogP contribution is -2.32. The first kappa shape index (κ1) is 12.0. The number of anilines is 2. The second-order valence-electron chi connectivity index (χ2n) is 4.78. The summed E-state index contributed by atoms with van der Waals surface area (Å²) >= 11 is 0. The average Bonchev–Trinajstić information content (AvgIpc) is 2.83. The molecule has 5 nitrogen and oxygen atoms in total. The lowest BCUT2D eigenvalue weighted by molar-refractivity contribution is 0.360. The summed E-state index contributed by atoms with van der Waals surface area (Å²) in [6.07, 6.45) is 0. The highest BCUT2D eigenvalue weighted by Gasteiger charge is 2.31. The average molecular weight is 261 g/mol. The summed E-state index contributed by atoms with van der Waals surface area (Å²) in [6.45, 7) is 2.83. The molecule has 100 valence electrons. The van der Waals surface area contributed by atoms with Gasteiger partial charge in [-0.25, -0.2) is 9.07 Å². The number of rotatable bonds is 2. The predicted molar refractivity (Wildman–Crippen MR) is 71.8 cm³/mol. The van der Waals surface area contributed by atoms with Crippen molar-refractivity contribution in [2.45, 2.75) is 13.0 Å². The van der Waals surface area contributed by atoms with Crippen molar-refractivity contribution in [1.29, 1.82) is 0 Å². The van der Waals surface area contributed by atoms with Gasteiger partial charge in [0.2, 0.25) is 11.9 Å². The number of fused-ring (bicyclic) bond motifs is 1. The molecule has 0 fully saturated rings. The van der Waals surface area contributed by atoms with Gasteiger partial charge in [0.25, 0.3) is 0 Å². The minimum atomic E-state index is -0.200. The van der Waals surface area contributed by atoms with E-state index in [1.807, 2.05) is 12.1 Å². The van der Waals surface area contributed by atoms with E-state index in [0.29, 0.717) is 17.5 Å². The van der Waals surface area contributed by atoms with Crippen molar-refractivity contribution < 1.29 is 4.39 Å². The van der Waals surface area contributed by atoms with Crippen LogP contribution in [0.1, 0.15) is 18.5 Å². The van der Waals surface area contributed by atoms with Gasteiger partial charge in [0.1, 0.15) is 5.82 Å². The van der Waals surface area contributed by atoms with Crippen LogP contribution in [0.2, 0.25) is 0 Å². The molecule has 3 rings (SSSR count). The Labute approximate surface area is 110 Å². The van der Waals surface area contributed by atoms with Crippen LogP contribution in [-0.4, -0.2) is 28.4 Å². The van der Waals surface area contributed by atoms with Crippen molar-refractivity contribution in [3.05, 3.63) is 35.6 Å². The topological polar surface area (TPSA) is 54.8 Å². The van der Waals surface area contributed by atoms with Gasteiger partial charge in [0.05, 0.1) is 6.04 Å².